The van der Waals surface area contributed by atoms with Crippen LogP contribution in [0.1, 0.15) is 34.1 Å². The predicted octanol–water partition coefficient (Wildman–Crippen LogP) is 2.41. The highest BCUT2D eigenvalue weighted by Gasteiger charge is 2.54. The van der Waals surface area contributed by atoms with Gasteiger partial charge in [0.2, 0.25) is 11.8 Å². The minimum Gasteiger partial charge on any atom is -0.358 e. The van der Waals surface area contributed by atoms with E-state index in [-0.39, 0.29) is 23.7 Å². The molecule has 2 N–H and O–H groups in total. The molecule has 0 spiro atoms. The molecule has 4 heteroatoms. The number of hydrogen-bond donors (Lipinski definition) is 2. The lowest BCUT2D eigenvalue weighted by molar-refractivity contribution is -0.125. The summed E-state index contributed by atoms with van der Waals surface area (Å²) in [6.45, 7) is 0. The number of likely N-dealkylation sites (N-methyl/N-ethyl adjacent to an activating group) is 2. The van der Waals surface area contributed by atoms with Crippen molar-refractivity contribution >= 4 is 11.8 Å². The van der Waals surface area contributed by atoms with Crippen LogP contribution in [0.3, 0.4) is 0 Å². The van der Waals surface area contributed by atoms with Gasteiger partial charge < -0.3 is 10.6 Å². The number of amides is 2. The van der Waals surface area contributed by atoms with E-state index in [1.807, 2.05) is 42.5 Å². The first-order chi connectivity index (χ1) is 12.6. The normalized spacial score (nSPS) is 25.5. The van der Waals surface area contributed by atoms with Crippen LogP contribution in [0.15, 0.2) is 60.7 Å². The molecule has 0 aromatic heterocycles. The third-order valence-corrected chi connectivity index (χ3v) is 5.79. The molecule has 0 radical (unpaired) electrons. The van der Waals surface area contributed by atoms with Crippen molar-refractivity contribution in [2.75, 3.05) is 14.1 Å². The van der Waals surface area contributed by atoms with Crippen molar-refractivity contribution in [2.45, 2.75) is 23.7 Å². The fourth-order valence-corrected chi connectivity index (χ4v) is 4.66. The van der Waals surface area contributed by atoms with Gasteiger partial charge in [0.15, 0.2) is 0 Å². The van der Waals surface area contributed by atoms with Crippen molar-refractivity contribution in [1.82, 2.24) is 10.6 Å². The van der Waals surface area contributed by atoms with Crippen LogP contribution in [-0.4, -0.2) is 25.9 Å². The summed E-state index contributed by atoms with van der Waals surface area (Å²) in [7, 11) is 3.32. The van der Waals surface area contributed by atoms with Gasteiger partial charge in [-0.3, -0.25) is 9.59 Å². The van der Waals surface area contributed by atoms with Gasteiger partial charge in [-0.15, -0.1) is 0 Å². The molecule has 2 amide bonds. The summed E-state index contributed by atoms with van der Waals surface area (Å²) in [6.07, 6.45) is 4.63. The second-order valence-corrected chi connectivity index (χ2v) is 6.95. The fourth-order valence-electron chi connectivity index (χ4n) is 4.66. The van der Waals surface area contributed by atoms with Gasteiger partial charge >= 0.3 is 0 Å². The average Bonchev–Trinajstić information content (AvgIpc) is 3.05. The zero-order valence-electron chi connectivity index (χ0n) is 15.0. The van der Waals surface area contributed by atoms with Crippen LogP contribution in [0.25, 0.3) is 0 Å². The Labute approximate surface area is 153 Å². The quantitative estimate of drug-likeness (QED) is 0.839. The number of carbonyl (C=O) groups excluding carboxylic acids is 2. The van der Waals surface area contributed by atoms with E-state index in [2.05, 4.69) is 28.8 Å². The van der Waals surface area contributed by atoms with Crippen molar-refractivity contribution in [1.29, 1.82) is 0 Å². The fraction of sp³-hybridized carbons (Fsp3) is 0.273. The van der Waals surface area contributed by atoms with Gasteiger partial charge in [0.25, 0.3) is 0 Å². The summed E-state index contributed by atoms with van der Waals surface area (Å²) in [5.74, 6) is -0.420. The second-order valence-electron chi connectivity index (χ2n) is 6.95. The molecule has 0 unspecified atom stereocenters. The largest absolute Gasteiger partial charge is 0.358 e. The molecule has 2 aliphatic rings. The number of rotatable bonds is 3. The smallest absolute Gasteiger partial charge is 0.234 e. The summed E-state index contributed by atoms with van der Waals surface area (Å²) in [5.41, 5.74) is 3.46. The van der Waals surface area contributed by atoms with Crippen LogP contribution in [0.5, 0.6) is 0 Å². The Hall–Kier alpha value is -2.88. The molecular weight excluding hydrogens is 324 g/mol. The van der Waals surface area contributed by atoms with Gasteiger partial charge in [0, 0.05) is 20.0 Å². The minimum absolute atomic E-state index is 0.0155. The van der Waals surface area contributed by atoms with Gasteiger partial charge in [-0.05, 0) is 28.7 Å². The maximum absolute atomic E-state index is 13.2. The number of hydrogen-bond acceptors (Lipinski definition) is 2. The molecule has 132 valence electrons. The topological polar surface area (TPSA) is 58.2 Å². The summed E-state index contributed by atoms with van der Waals surface area (Å²) in [5, 5.41) is 5.61. The zero-order chi connectivity index (χ0) is 18.3. The first-order valence-electron chi connectivity index (χ1n) is 8.93. The van der Waals surface area contributed by atoms with Gasteiger partial charge in [-0.1, -0.05) is 60.7 Å². The molecule has 26 heavy (non-hydrogen) atoms. The van der Waals surface area contributed by atoms with Crippen molar-refractivity contribution < 1.29 is 9.59 Å². The van der Waals surface area contributed by atoms with Crippen LogP contribution >= 0.6 is 0 Å². The van der Waals surface area contributed by atoms with Gasteiger partial charge in [0.1, 0.15) is 0 Å². The Bertz CT molecular complexity index is 904. The molecule has 0 aliphatic heterocycles. The van der Waals surface area contributed by atoms with Crippen LogP contribution < -0.4 is 10.6 Å². The van der Waals surface area contributed by atoms with Crippen molar-refractivity contribution in [2.24, 2.45) is 0 Å². The van der Waals surface area contributed by atoms with Crippen molar-refractivity contribution in [3.8, 4) is 0 Å². The zero-order valence-corrected chi connectivity index (χ0v) is 15.0. The van der Waals surface area contributed by atoms with E-state index < -0.39 is 5.41 Å². The van der Waals surface area contributed by atoms with Crippen molar-refractivity contribution in [3.63, 3.8) is 0 Å². The van der Waals surface area contributed by atoms with Gasteiger partial charge in [0.05, 0.1) is 11.3 Å². The van der Waals surface area contributed by atoms with Crippen LogP contribution in [0, 0.1) is 0 Å². The highest BCUT2D eigenvalue weighted by Crippen LogP contribution is 2.54. The number of nitrogens with one attached hydrogen (secondary N) is 2. The third-order valence-electron chi connectivity index (χ3n) is 5.79. The van der Waals surface area contributed by atoms with E-state index in [0.717, 1.165) is 28.7 Å². The molecule has 2 aliphatic carbocycles. The lowest BCUT2D eigenvalue weighted by Crippen LogP contribution is -2.46. The Morgan fingerprint density at radius 2 is 1.77 bits per heavy atom. The van der Waals surface area contributed by atoms with E-state index in [9.17, 15) is 9.59 Å². The predicted molar refractivity (Wildman–Crippen MR) is 101 cm³/mol. The highest BCUT2D eigenvalue weighted by atomic mass is 16.2. The maximum atomic E-state index is 13.2. The summed E-state index contributed by atoms with van der Waals surface area (Å²) in [4.78, 5) is 25.6. The maximum Gasteiger partial charge on any atom is 0.234 e. The molecule has 4 nitrogen and oxygen atoms in total. The molecule has 0 bridgehead atoms. The molecule has 2 aromatic rings. The van der Waals surface area contributed by atoms with Crippen LogP contribution in [0.4, 0.5) is 0 Å². The molecule has 2 aromatic carbocycles. The summed E-state index contributed by atoms with van der Waals surface area (Å²) >= 11 is 0. The molecule has 0 saturated carbocycles. The molecule has 0 fully saturated rings. The number of benzene rings is 2. The number of carbonyl (C=O) groups is 2. The monoisotopic (exact) mass is 346 g/mol. The first-order valence-corrected chi connectivity index (χ1v) is 8.93. The Kier molecular flexibility index (Phi) is 3.91. The van der Waals surface area contributed by atoms with E-state index in [0.29, 0.717) is 0 Å². The lowest BCUT2D eigenvalue weighted by atomic mass is 9.65. The van der Waals surface area contributed by atoms with E-state index in [4.69, 9.17) is 0 Å². The van der Waals surface area contributed by atoms with E-state index in [1.165, 1.54) is 0 Å². The molecule has 0 saturated heterocycles. The SMILES string of the molecule is CNC(=O)[C@H]1C=C[C@@]2(C(=O)NC)c3c(cccc31)C[C@H]2c1ccccc1. The van der Waals surface area contributed by atoms with Crippen LogP contribution in [-0.2, 0) is 21.4 Å². The van der Waals surface area contributed by atoms with Gasteiger partial charge in [-0.2, -0.15) is 0 Å². The first kappa shape index (κ1) is 16.6. The second kappa shape index (κ2) is 6.13. The Balaban J connectivity index is 1.97. The minimum atomic E-state index is -0.771. The molecular formula is C22H22N2O2. The van der Waals surface area contributed by atoms with E-state index >= 15 is 0 Å². The van der Waals surface area contributed by atoms with Gasteiger partial charge in [-0.25, -0.2) is 0 Å². The van der Waals surface area contributed by atoms with Crippen molar-refractivity contribution in [3.05, 3.63) is 82.9 Å². The Morgan fingerprint density at radius 1 is 1.00 bits per heavy atom. The van der Waals surface area contributed by atoms with E-state index in [1.54, 1.807) is 14.1 Å². The summed E-state index contributed by atoms with van der Waals surface area (Å²) < 4.78 is 0. The Morgan fingerprint density at radius 3 is 2.46 bits per heavy atom. The average molecular weight is 346 g/mol. The highest BCUT2D eigenvalue weighted by molar-refractivity contribution is 5.97. The molecule has 4 rings (SSSR count). The molecule has 0 heterocycles. The molecule has 3 atom stereocenters. The lowest BCUT2D eigenvalue weighted by Gasteiger charge is -2.37. The van der Waals surface area contributed by atoms with Crippen LogP contribution in [0.2, 0.25) is 0 Å². The summed E-state index contributed by atoms with van der Waals surface area (Å²) in [6, 6.07) is 16.2. The third kappa shape index (κ3) is 2.15. The standard InChI is InChI=1S/C22H22N2O2/c1-23-20(25)17-11-12-22(21(26)24-2)18(14-7-4-3-5-8-14)13-15-9-6-10-16(17)19(15)22/h3-12,17-18H,13H2,1-2H3,(H,23,25)(H,24,26)/t17-,18-,22-/m0/s1.